The van der Waals surface area contributed by atoms with Gasteiger partial charge >= 0.3 is 5.97 Å². The number of nitrogens with zero attached hydrogens (tertiary/aromatic N) is 1. The normalized spacial score (nSPS) is 13.9. The van der Waals surface area contributed by atoms with E-state index in [0.29, 0.717) is 12.0 Å². The molecule has 1 amide bonds. The van der Waals surface area contributed by atoms with E-state index in [0.717, 1.165) is 10.9 Å². The summed E-state index contributed by atoms with van der Waals surface area (Å²) in [6.45, 7) is 3.72. The molecule has 5 heteroatoms. The monoisotopic (exact) mass is 288 g/mol. The lowest BCUT2D eigenvalue weighted by Crippen LogP contribution is -2.45. The van der Waals surface area contributed by atoms with Crippen molar-refractivity contribution in [3.8, 4) is 0 Å². The van der Waals surface area contributed by atoms with Crippen LogP contribution in [0, 0.1) is 5.92 Å². The predicted molar refractivity (Wildman–Crippen MR) is 81.3 cm³/mol. The van der Waals surface area contributed by atoms with E-state index in [4.69, 9.17) is 0 Å². The number of rotatable bonds is 5. The zero-order valence-corrected chi connectivity index (χ0v) is 12.5. The van der Waals surface area contributed by atoms with Gasteiger partial charge in [-0.1, -0.05) is 20.3 Å². The predicted octanol–water partition coefficient (Wildman–Crippen LogP) is 2.41. The largest absolute Gasteiger partial charge is 0.480 e. The number of fused-ring (bicyclic) bond motifs is 1. The number of amides is 1. The average Bonchev–Trinajstić information content (AvgIpc) is 2.84. The van der Waals surface area contributed by atoms with Crippen molar-refractivity contribution in [1.82, 2.24) is 9.88 Å². The van der Waals surface area contributed by atoms with Crippen LogP contribution in [0.1, 0.15) is 30.6 Å². The first-order valence-electron chi connectivity index (χ1n) is 7.02. The molecule has 0 spiro atoms. The minimum Gasteiger partial charge on any atom is -0.480 e. The molecule has 5 nitrogen and oxygen atoms in total. The zero-order valence-electron chi connectivity index (χ0n) is 12.5. The molecule has 2 aromatic rings. The number of hydrogen-bond donors (Lipinski definition) is 2. The number of hydrogen-bond acceptors (Lipinski definition) is 2. The first-order chi connectivity index (χ1) is 9.93. The Kier molecular flexibility index (Phi) is 4.31. The molecule has 2 atom stereocenters. The lowest BCUT2D eigenvalue weighted by atomic mass is 9.99. The van der Waals surface area contributed by atoms with Gasteiger partial charge in [0.05, 0.1) is 0 Å². The minimum atomic E-state index is -1.00. The molecule has 21 heavy (non-hydrogen) atoms. The maximum absolute atomic E-state index is 12.2. The van der Waals surface area contributed by atoms with Gasteiger partial charge in [0, 0.05) is 29.7 Å². The molecule has 0 aliphatic carbocycles. The zero-order chi connectivity index (χ0) is 15.6. The lowest BCUT2D eigenvalue weighted by molar-refractivity contribution is -0.140. The molecule has 0 fully saturated rings. The maximum atomic E-state index is 12.2. The quantitative estimate of drug-likeness (QED) is 0.887. The summed E-state index contributed by atoms with van der Waals surface area (Å²) >= 11 is 0. The summed E-state index contributed by atoms with van der Waals surface area (Å²) in [7, 11) is 1.94. The summed E-state index contributed by atoms with van der Waals surface area (Å²) in [5, 5.41) is 12.8. The Morgan fingerprint density at radius 3 is 2.67 bits per heavy atom. The maximum Gasteiger partial charge on any atom is 0.326 e. The van der Waals surface area contributed by atoms with Crippen LogP contribution in [-0.4, -0.2) is 27.6 Å². The molecular weight excluding hydrogens is 268 g/mol. The molecule has 2 N–H and O–H groups in total. The SMILES string of the molecule is CCC(C)C(NC(=O)c1ccc2c(ccn2C)c1)C(=O)O. The van der Waals surface area contributed by atoms with Crippen molar-refractivity contribution in [3.05, 3.63) is 36.0 Å². The molecular formula is C16H20N2O3. The fourth-order valence-corrected chi connectivity index (χ4v) is 2.33. The molecule has 2 rings (SSSR count). The summed E-state index contributed by atoms with van der Waals surface area (Å²) in [5.74, 6) is -1.47. The number of carboxylic acid groups (broad SMARTS) is 1. The highest BCUT2D eigenvalue weighted by atomic mass is 16.4. The smallest absolute Gasteiger partial charge is 0.326 e. The number of aryl methyl sites for hydroxylation is 1. The molecule has 112 valence electrons. The van der Waals surface area contributed by atoms with Gasteiger partial charge < -0.3 is 15.0 Å². The Labute approximate surface area is 123 Å². The Balaban J connectivity index is 2.22. The Morgan fingerprint density at radius 1 is 1.33 bits per heavy atom. The van der Waals surface area contributed by atoms with Crippen molar-refractivity contribution >= 4 is 22.8 Å². The number of benzene rings is 1. The summed E-state index contributed by atoms with van der Waals surface area (Å²) in [5.41, 5.74) is 1.51. The van der Waals surface area contributed by atoms with Crippen molar-refractivity contribution in [1.29, 1.82) is 0 Å². The first-order valence-corrected chi connectivity index (χ1v) is 7.02. The number of carboxylic acids is 1. The van der Waals surface area contributed by atoms with E-state index >= 15 is 0 Å². The number of carbonyl (C=O) groups is 2. The van der Waals surface area contributed by atoms with Gasteiger partial charge in [-0.15, -0.1) is 0 Å². The van der Waals surface area contributed by atoms with Crippen molar-refractivity contribution in [2.45, 2.75) is 26.3 Å². The van der Waals surface area contributed by atoms with E-state index in [2.05, 4.69) is 5.32 Å². The fraction of sp³-hybridized carbons (Fsp3) is 0.375. The molecule has 0 bridgehead atoms. The first kappa shape index (κ1) is 15.1. The van der Waals surface area contributed by atoms with Crippen molar-refractivity contribution in [2.75, 3.05) is 0 Å². The highest BCUT2D eigenvalue weighted by Gasteiger charge is 2.25. The standard InChI is InChI=1S/C16H20N2O3/c1-4-10(2)14(16(20)21)17-15(19)12-5-6-13-11(9-12)7-8-18(13)3/h5-10,14H,4H2,1-3H3,(H,17,19)(H,20,21). The van der Waals surface area contributed by atoms with Gasteiger partial charge in [-0.3, -0.25) is 4.79 Å². The van der Waals surface area contributed by atoms with E-state index in [1.54, 1.807) is 12.1 Å². The van der Waals surface area contributed by atoms with Crippen LogP contribution in [0.2, 0.25) is 0 Å². The van der Waals surface area contributed by atoms with Gasteiger partial charge in [0.25, 0.3) is 5.91 Å². The average molecular weight is 288 g/mol. The molecule has 2 unspecified atom stereocenters. The molecule has 1 heterocycles. The van der Waals surface area contributed by atoms with Crippen LogP contribution in [-0.2, 0) is 11.8 Å². The van der Waals surface area contributed by atoms with Crippen LogP contribution in [0.3, 0.4) is 0 Å². The van der Waals surface area contributed by atoms with E-state index in [9.17, 15) is 14.7 Å². The highest BCUT2D eigenvalue weighted by molar-refractivity contribution is 5.99. The van der Waals surface area contributed by atoms with E-state index < -0.39 is 12.0 Å². The van der Waals surface area contributed by atoms with Gasteiger partial charge in [0.1, 0.15) is 6.04 Å². The molecule has 0 radical (unpaired) electrons. The van der Waals surface area contributed by atoms with Gasteiger partial charge in [0.15, 0.2) is 0 Å². The van der Waals surface area contributed by atoms with Gasteiger partial charge in [-0.25, -0.2) is 4.79 Å². The summed E-state index contributed by atoms with van der Waals surface area (Å²) in [4.78, 5) is 23.5. The Bertz CT molecular complexity index is 675. The van der Waals surface area contributed by atoms with Gasteiger partial charge in [-0.2, -0.15) is 0 Å². The fourth-order valence-electron chi connectivity index (χ4n) is 2.33. The number of nitrogens with one attached hydrogen (secondary N) is 1. The molecule has 0 saturated heterocycles. The third-order valence-corrected chi connectivity index (χ3v) is 3.91. The molecule has 0 saturated carbocycles. The van der Waals surface area contributed by atoms with Crippen molar-refractivity contribution in [3.63, 3.8) is 0 Å². The molecule has 1 aromatic heterocycles. The van der Waals surface area contributed by atoms with Gasteiger partial charge in [0.2, 0.25) is 0 Å². The second kappa shape index (κ2) is 5.99. The second-order valence-corrected chi connectivity index (χ2v) is 5.38. The van der Waals surface area contributed by atoms with Crippen LogP contribution < -0.4 is 5.32 Å². The summed E-state index contributed by atoms with van der Waals surface area (Å²) in [6, 6.07) is 6.42. The lowest BCUT2D eigenvalue weighted by Gasteiger charge is -2.20. The summed E-state index contributed by atoms with van der Waals surface area (Å²) in [6.07, 6.45) is 2.61. The van der Waals surface area contributed by atoms with E-state index in [-0.39, 0.29) is 11.8 Å². The van der Waals surface area contributed by atoms with Crippen LogP contribution in [0.15, 0.2) is 30.5 Å². The number of aromatic nitrogens is 1. The Hall–Kier alpha value is -2.30. The molecule has 0 aliphatic rings. The van der Waals surface area contributed by atoms with Crippen LogP contribution in [0.5, 0.6) is 0 Å². The third kappa shape index (κ3) is 3.07. The Morgan fingerprint density at radius 2 is 2.05 bits per heavy atom. The van der Waals surface area contributed by atoms with E-state index in [1.165, 1.54) is 0 Å². The minimum absolute atomic E-state index is 0.119. The molecule has 1 aromatic carbocycles. The van der Waals surface area contributed by atoms with Gasteiger partial charge in [-0.05, 0) is 30.2 Å². The van der Waals surface area contributed by atoms with E-state index in [1.807, 2.05) is 43.8 Å². The van der Waals surface area contributed by atoms with Crippen molar-refractivity contribution in [2.24, 2.45) is 13.0 Å². The third-order valence-electron chi connectivity index (χ3n) is 3.91. The number of carbonyl (C=O) groups excluding carboxylic acids is 1. The topological polar surface area (TPSA) is 71.3 Å². The number of aliphatic carboxylic acids is 1. The molecule has 0 aliphatic heterocycles. The van der Waals surface area contributed by atoms with Crippen LogP contribution in [0.25, 0.3) is 10.9 Å². The highest BCUT2D eigenvalue weighted by Crippen LogP contribution is 2.17. The summed E-state index contributed by atoms with van der Waals surface area (Å²) < 4.78 is 1.97. The van der Waals surface area contributed by atoms with Crippen molar-refractivity contribution < 1.29 is 14.7 Å². The van der Waals surface area contributed by atoms with Crippen LogP contribution >= 0.6 is 0 Å². The second-order valence-electron chi connectivity index (χ2n) is 5.38. The van der Waals surface area contributed by atoms with Crippen LogP contribution in [0.4, 0.5) is 0 Å².